The molecular formula is C6H6N2O. The summed E-state index contributed by atoms with van der Waals surface area (Å²) >= 11 is 0. The maximum atomic E-state index is 9.66. The molecule has 0 amide bonds. The smallest absolute Gasteiger partial charge is 0.211 e. The van der Waals surface area contributed by atoms with Crippen LogP contribution >= 0.6 is 0 Å². The Labute approximate surface area is 53.0 Å². The molecule has 0 spiro atoms. The van der Waals surface area contributed by atoms with Gasteiger partial charge in [-0.2, -0.15) is 10.3 Å². The molecule has 0 aliphatic heterocycles. The van der Waals surface area contributed by atoms with Crippen molar-refractivity contribution in [3.05, 3.63) is 0 Å². The van der Waals surface area contributed by atoms with Crippen molar-refractivity contribution in [1.82, 2.24) is 0 Å². The zero-order valence-electron chi connectivity index (χ0n) is 4.87. The first kappa shape index (κ1) is 6.00. The number of hydrogen-bond acceptors (Lipinski definition) is 3. The van der Waals surface area contributed by atoms with E-state index >= 15 is 0 Å². The SMILES string of the molecule is N#CC(N=C=O)C1CC1. The lowest BCUT2D eigenvalue weighted by atomic mass is 10.2. The van der Waals surface area contributed by atoms with Crippen LogP contribution in [-0.2, 0) is 4.79 Å². The van der Waals surface area contributed by atoms with Crippen LogP contribution < -0.4 is 0 Å². The van der Waals surface area contributed by atoms with Gasteiger partial charge in [0.25, 0.3) is 0 Å². The highest BCUT2D eigenvalue weighted by molar-refractivity contribution is 5.35. The summed E-state index contributed by atoms with van der Waals surface area (Å²) in [5, 5.41) is 8.34. The molecule has 1 atom stereocenters. The Balaban J connectivity index is 2.49. The Hall–Kier alpha value is -1.13. The fourth-order valence-electron chi connectivity index (χ4n) is 0.708. The average molecular weight is 122 g/mol. The zero-order chi connectivity index (χ0) is 6.69. The van der Waals surface area contributed by atoms with Crippen LogP contribution in [0.4, 0.5) is 0 Å². The molecule has 9 heavy (non-hydrogen) atoms. The summed E-state index contributed by atoms with van der Waals surface area (Å²) in [6, 6.07) is 1.52. The molecule has 1 unspecified atom stereocenters. The van der Waals surface area contributed by atoms with E-state index in [4.69, 9.17) is 5.26 Å². The number of rotatable bonds is 2. The van der Waals surface area contributed by atoms with Crippen molar-refractivity contribution in [1.29, 1.82) is 5.26 Å². The highest BCUT2D eigenvalue weighted by atomic mass is 16.1. The van der Waals surface area contributed by atoms with E-state index in [1.807, 2.05) is 6.07 Å². The summed E-state index contributed by atoms with van der Waals surface area (Å²) in [7, 11) is 0. The van der Waals surface area contributed by atoms with Crippen molar-refractivity contribution < 1.29 is 4.79 Å². The predicted molar refractivity (Wildman–Crippen MR) is 30.2 cm³/mol. The highest BCUT2D eigenvalue weighted by Crippen LogP contribution is 2.33. The molecule has 1 fully saturated rings. The quantitative estimate of drug-likeness (QED) is 0.398. The van der Waals surface area contributed by atoms with Gasteiger partial charge < -0.3 is 0 Å². The molecule has 0 radical (unpaired) electrons. The second-order valence-electron chi connectivity index (χ2n) is 2.13. The van der Waals surface area contributed by atoms with Crippen LogP contribution in [0.15, 0.2) is 4.99 Å². The molecule has 0 heterocycles. The van der Waals surface area contributed by atoms with Gasteiger partial charge in [-0.15, -0.1) is 0 Å². The van der Waals surface area contributed by atoms with Crippen LogP contribution in [0, 0.1) is 17.2 Å². The topological polar surface area (TPSA) is 53.2 Å². The molecule has 3 heteroatoms. The van der Waals surface area contributed by atoms with Crippen molar-refractivity contribution in [2.24, 2.45) is 10.9 Å². The van der Waals surface area contributed by atoms with E-state index in [1.54, 1.807) is 0 Å². The first-order valence-electron chi connectivity index (χ1n) is 2.85. The van der Waals surface area contributed by atoms with Gasteiger partial charge in [0.05, 0.1) is 6.07 Å². The summed E-state index contributed by atoms with van der Waals surface area (Å²) < 4.78 is 0. The predicted octanol–water partition coefficient (Wildman–Crippen LogP) is 0.624. The fraction of sp³-hybridized carbons (Fsp3) is 0.667. The number of aliphatic imine (C=N–C) groups is 1. The molecule has 1 rings (SSSR count). The molecule has 1 aliphatic rings. The van der Waals surface area contributed by atoms with Crippen LogP contribution in [0.1, 0.15) is 12.8 Å². The van der Waals surface area contributed by atoms with Crippen LogP contribution in [-0.4, -0.2) is 12.1 Å². The Bertz CT molecular complexity index is 184. The number of isocyanates is 1. The molecule has 1 aliphatic carbocycles. The normalized spacial score (nSPS) is 19.4. The lowest BCUT2D eigenvalue weighted by Crippen LogP contribution is -2.01. The molecule has 0 N–H and O–H groups in total. The van der Waals surface area contributed by atoms with Crippen LogP contribution in [0.2, 0.25) is 0 Å². The van der Waals surface area contributed by atoms with E-state index in [2.05, 4.69) is 4.99 Å². The standard InChI is InChI=1S/C6H6N2O/c7-3-6(8-4-9)5-1-2-5/h5-6H,1-2H2. The van der Waals surface area contributed by atoms with Crippen molar-refractivity contribution in [2.45, 2.75) is 18.9 Å². The van der Waals surface area contributed by atoms with Gasteiger partial charge in [0.15, 0.2) is 6.04 Å². The number of nitrogens with zero attached hydrogens (tertiary/aromatic N) is 2. The molecule has 0 bridgehead atoms. The van der Waals surface area contributed by atoms with Crippen LogP contribution in [0.5, 0.6) is 0 Å². The van der Waals surface area contributed by atoms with Gasteiger partial charge in [0.2, 0.25) is 6.08 Å². The third-order valence-electron chi connectivity index (χ3n) is 1.39. The van der Waals surface area contributed by atoms with Gasteiger partial charge in [-0.25, -0.2) is 4.79 Å². The molecule has 0 saturated heterocycles. The fourth-order valence-corrected chi connectivity index (χ4v) is 0.708. The van der Waals surface area contributed by atoms with Crippen LogP contribution in [0.25, 0.3) is 0 Å². The van der Waals surface area contributed by atoms with Gasteiger partial charge in [0.1, 0.15) is 0 Å². The highest BCUT2D eigenvalue weighted by Gasteiger charge is 2.30. The van der Waals surface area contributed by atoms with Crippen molar-refractivity contribution in [3.8, 4) is 6.07 Å². The average Bonchev–Trinajstić information content (AvgIpc) is 2.64. The largest absolute Gasteiger partial charge is 0.236 e. The Morgan fingerprint density at radius 2 is 2.33 bits per heavy atom. The first-order valence-corrected chi connectivity index (χ1v) is 2.85. The molecule has 0 aromatic rings. The summed E-state index contributed by atoms with van der Waals surface area (Å²) in [5.74, 6) is 0.344. The maximum Gasteiger partial charge on any atom is 0.236 e. The molecule has 46 valence electrons. The van der Waals surface area contributed by atoms with E-state index < -0.39 is 6.04 Å². The Morgan fingerprint density at radius 1 is 1.67 bits per heavy atom. The maximum absolute atomic E-state index is 9.66. The Kier molecular flexibility index (Phi) is 1.62. The molecule has 3 nitrogen and oxygen atoms in total. The number of carbonyl (C=O) groups excluding carboxylic acids is 1. The van der Waals surface area contributed by atoms with E-state index in [1.165, 1.54) is 6.08 Å². The van der Waals surface area contributed by atoms with Gasteiger partial charge in [0, 0.05) is 0 Å². The van der Waals surface area contributed by atoms with Gasteiger partial charge in [-0.05, 0) is 18.8 Å². The van der Waals surface area contributed by atoms with Crippen molar-refractivity contribution >= 4 is 6.08 Å². The lowest BCUT2D eigenvalue weighted by molar-refractivity contribution is 0.558. The van der Waals surface area contributed by atoms with E-state index in [0.717, 1.165) is 12.8 Å². The first-order chi connectivity index (χ1) is 4.38. The minimum absolute atomic E-state index is 0.344. The van der Waals surface area contributed by atoms with E-state index in [0.29, 0.717) is 5.92 Å². The minimum Gasteiger partial charge on any atom is -0.211 e. The van der Waals surface area contributed by atoms with E-state index in [9.17, 15) is 4.79 Å². The lowest BCUT2D eigenvalue weighted by Gasteiger charge is -1.91. The second-order valence-corrected chi connectivity index (χ2v) is 2.13. The summed E-state index contributed by atoms with van der Waals surface area (Å²) in [6.45, 7) is 0. The molecule has 1 saturated carbocycles. The summed E-state index contributed by atoms with van der Waals surface area (Å²) in [4.78, 5) is 13.0. The molecule has 0 aromatic heterocycles. The van der Waals surface area contributed by atoms with Gasteiger partial charge in [-0.1, -0.05) is 0 Å². The summed E-state index contributed by atoms with van der Waals surface area (Å²) in [6.07, 6.45) is 3.45. The molecule has 0 aromatic carbocycles. The molecular weight excluding hydrogens is 116 g/mol. The Morgan fingerprint density at radius 3 is 2.67 bits per heavy atom. The monoisotopic (exact) mass is 122 g/mol. The van der Waals surface area contributed by atoms with Crippen molar-refractivity contribution in [3.63, 3.8) is 0 Å². The zero-order valence-corrected chi connectivity index (χ0v) is 4.87. The third-order valence-corrected chi connectivity index (χ3v) is 1.39. The summed E-state index contributed by atoms with van der Waals surface area (Å²) in [5.41, 5.74) is 0. The van der Waals surface area contributed by atoms with Gasteiger partial charge in [-0.3, -0.25) is 0 Å². The van der Waals surface area contributed by atoms with Crippen LogP contribution in [0.3, 0.4) is 0 Å². The van der Waals surface area contributed by atoms with Gasteiger partial charge >= 0.3 is 0 Å². The third kappa shape index (κ3) is 1.38. The second kappa shape index (κ2) is 2.43. The number of hydrogen-bond donors (Lipinski definition) is 0. The number of nitriles is 1. The van der Waals surface area contributed by atoms with Crippen molar-refractivity contribution in [2.75, 3.05) is 0 Å². The van der Waals surface area contributed by atoms with E-state index in [-0.39, 0.29) is 0 Å². The minimum atomic E-state index is -0.414.